The molecule has 1 aromatic carbocycles. The van der Waals surface area contributed by atoms with E-state index in [-0.39, 0.29) is 11.5 Å². The van der Waals surface area contributed by atoms with Crippen LogP contribution in [-0.4, -0.2) is 29.9 Å². The highest BCUT2D eigenvalue weighted by Crippen LogP contribution is 2.13. The number of hydrogen-bond acceptors (Lipinski definition) is 2. The van der Waals surface area contributed by atoms with Crippen LogP contribution in [0, 0.1) is 0 Å². The third kappa shape index (κ3) is 8.30. The third-order valence-corrected chi connectivity index (χ3v) is 3.78. The molecular weight excluding hydrogens is 262 g/mol. The zero-order valence-electron chi connectivity index (χ0n) is 14.1. The molecule has 0 unspecified atom stereocenters. The summed E-state index contributed by atoms with van der Waals surface area (Å²) < 4.78 is 1.20. The number of rotatable bonds is 6. The molecule has 0 fully saturated rings. The maximum absolute atomic E-state index is 9.98. The molecule has 0 N–H and O–H groups in total. The Labute approximate surface area is 129 Å². The zero-order valence-corrected chi connectivity index (χ0v) is 14.1. The van der Waals surface area contributed by atoms with Gasteiger partial charge in [-0.25, -0.2) is 0 Å². The Kier molecular flexibility index (Phi) is 9.39. The van der Waals surface area contributed by atoms with Crippen molar-refractivity contribution in [1.29, 1.82) is 0 Å². The largest absolute Gasteiger partial charge is 0.876 e. The molecule has 0 amide bonds. The molecule has 0 saturated carbocycles. The molecule has 1 rings (SSSR count). The predicted octanol–water partition coefficient (Wildman–Crippen LogP) is 2.90. The maximum atomic E-state index is 9.98. The highest BCUT2D eigenvalue weighted by atomic mass is 16.3. The van der Waals surface area contributed by atoms with Gasteiger partial charge in [-0.2, -0.15) is 0 Å². The van der Waals surface area contributed by atoms with Crippen molar-refractivity contribution in [2.24, 2.45) is 0 Å². The second kappa shape index (κ2) is 10.2. The summed E-state index contributed by atoms with van der Waals surface area (Å²) in [6.45, 7) is 14.4. The molecule has 0 aliphatic rings. The number of benzene rings is 1. The van der Waals surface area contributed by atoms with Crippen LogP contribution >= 0.6 is 0 Å². The Bertz CT molecular complexity index is 422. The molecule has 0 aromatic heterocycles. The van der Waals surface area contributed by atoms with Gasteiger partial charge >= 0.3 is 0 Å². The SMILES string of the molecule is CC(=O)/C=C(\C)[O-].CC[N+](CC)(CC)Cc1ccccc1. The lowest BCUT2D eigenvalue weighted by molar-refractivity contribution is -0.936. The first-order chi connectivity index (χ1) is 9.89. The molecule has 0 aliphatic heterocycles. The van der Waals surface area contributed by atoms with E-state index in [0.717, 1.165) is 6.08 Å². The first kappa shape index (κ1) is 19.4. The minimum atomic E-state index is -0.187. The Morgan fingerprint density at radius 3 is 1.81 bits per heavy atom. The fourth-order valence-electron chi connectivity index (χ4n) is 2.26. The van der Waals surface area contributed by atoms with Crippen LogP contribution in [0.1, 0.15) is 40.2 Å². The first-order valence-electron chi connectivity index (χ1n) is 7.64. The van der Waals surface area contributed by atoms with Crippen LogP contribution in [0.5, 0.6) is 0 Å². The molecule has 3 nitrogen and oxygen atoms in total. The number of carbonyl (C=O) groups is 1. The topological polar surface area (TPSA) is 40.1 Å². The highest BCUT2D eigenvalue weighted by Gasteiger charge is 2.20. The molecule has 0 radical (unpaired) electrons. The lowest BCUT2D eigenvalue weighted by Gasteiger charge is -2.35. The van der Waals surface area contributed by atoms with Gasteiger partial charge in [0.2, 0.25) is 0 Å². The second-order valence-electron chi connectivity index (χ2n) is 5.30. The Morgan fingerprint density at radius 1 is 1.05 bits per heavy atom. The quantitative estimate of drug-likeness (QED) is 0.459. The van der Waals surface area contributed by atoms with E-state index < -0.39 is 0 Å². The smallest absolute Gasteiger partial charge is 0.151 e. The summed E-state index contributed by atoms with van der Waals surface area (Å²) in [5, 5.41) is 9.98. The van der Waals surface area contributed by atoms with Crippen molar-refractivity contribution >= 4 is 5.78 Å². The van der Waals surface area contributed by atoms with Gasteiger partial charge in [-0.05, 0) is 33.8 Å². The van der Waals surface area contributed by atoms with Crippen LogP contribution < -0.4 is 5.11 Å². The van der Waals surface area contributed by atoms with E-state index in [1.54, 1.807) is 0 Å². The molecule has 0 saturated heterocycles. The lowest BCUT2D eigenvalue weighted by atomic mass is 10.2. The van der Waals surface area contributed by atoms with Crippen molar-refractivity contribution in [2.75, 3.05) is 19.6 Å². The minimum Gasteiger partial charge on any atom is -0.876 e. The molecule has 21 heavy (non-hydrogen) atoms. The number of hydrogen-bond donors (Lipinski definition) is 0. The van der Waals surface area contributed by atoms with Crippen LogP contribution in [0.3, 0.4) is 0 Å². The van der Waals surface area contributed by atoms with Gasteiger partial charge in [-0.1, -0.05) is 37.3 Å². The summed E-state index contributed by atoms with van der Waals surface area (Å²) in [4.78, 5) is 9.98. The van der Waals surface area contributed by atoms with Gasteiger partial charge in [-0.15, -0.1) is 5.76 Å². The highest BCUT2D eigenvalue weighted by molar-refractivity contribution is 5.87. The van der Waals surface area contributed by atoms with Gasteiger partial charge in [0.25, 0.3) is 0 Å². The molecule has 118 valence electrons. The van der Waals surface area contributed by atoms with Crippen molar-refractivity contribution in [3.8, 4) is 0 Å². The van der Waals surface area contributed by atoms with E-state index in [4.69, 9.17) is 0 Å². The minimum absolute atomic E-state index is 0.187. The first-order valence-corrected chi connectivity index (χ1v) is 7.64. The van der Waals surface area contributed by atoms with Crippen molar-refractivity contribution in [2.45, 2.75) is 41.2 Å². The number of quaternary nitrogens is 1. The molecule has 0 atom stereocenters. The van der Waals surface area contributed by atoms with E-state index in [1.165, 1.54) is 50.1 Å². The molecule has 0 aliphatic carbocycles. The number of ketones is 1. The molecule has 0 bridgehead atoms. The van der Waals surface area contributed by atoms with Gasteiger partial charge in [0.15, 0.2) is 5.78 Å². The average Bonchev–Trinajstić information content (AvgIpc) is 2.45. The lowest BCUT2D eigenvalue weighted by Crippen LogP contribution is -2.46. The van der Waals surface area contributed by atoms with Crippen molar-refractivity contribution < 1.29 is 14.4 Å². The monoisotopic (exact) mass is 291 g/mol. The van der Waals surface area contributed by atoms with E-state index in [2.05, 4.69) is 51.1 Å². The van der Waals surface area contributed by atoms with Crippen molar-refractivity contribution in [3.05, 3.63) is 47.7 Å². The standard InChI is InChI=1S/C13H22N.C5H8O2/c1-4-14(5-2,6-3)12-13-10-8-7-9-11-13;1-4(6)3-5(2)7/h7-11H,4-6,12H2,1-3H3;3,6H,1-2H3/q+1;/p-1/b;4-3+. The molecule has 3 heteroatoms. The Morgan fingerprint density at radius 2 is 1.52 bits per heavy atom. The van der Waals surface area contributed by atoms with Crippen LogP contribution in [0.2, 0.25) is 0 Å². The molecule has 0 heterocycles. The Hall–Kier alpha value is -1.61. The van der Waals surface area contributed by atoms with Crippen LogP contribution in [0.25, 0.3) is 0 Å². The summed E-state index contributed by atoms with van der Waals surface area (Å²) in [6.07, 6.45) is 1.06. The van der Waals surface area contributed by atoms with Gasteiger partial charge in [-0.3, -0.25) is 4.79 Å². The van der Waals surface area contributed by atoms with Crippen LogP contribution in [0.15, 0.2) is 42.2 Å². The number of carbonyl (C=O) groups excluding carboxylic acids is 1. The maximum Gasteiger partial charge on any atom is 0.151 e. The second-order valence-corrected chi connectivity index (χ2v) is 5.30. The van der Waals surface area contributed by atoms with E-state index in [1.807, 2.05) is 0 Å². The van der Waals surface area contributed by atoms with Gasteiger partial charge < -0.3 is 9.59 Å². The summed E-state index contributed by atoms with van der Waals surface area (Å²) in [7, 11) is 0. The van der Waals surface area contributed by atoms with E-state index in [9.17, 15) is 9.90 Å². The van der Waals surface area contributed by atoms with Gasteiger partial charge in [0.1, 0.15) is 6.54 Å². The van der Waals surface area contributed by atoms with Gasteiger partial charge in [0.05, 0.1) is 19.6 Å². The summed E-state index contributed by atoms with van der Waals surface area (Å²) >= 11 is 0. The van der Waals surface area contributed by atoms with Crippen LogP contribution in [0.4, 0.5) is 0 Å². The predicted molar refractivity (Wildman–Crippen MR) is 86.5 cm³/mol. The third-order valence-electron chi connectivity index (χ3n) is 3.78. The zero-order chi connectivity index (χ0) is 16.3. The number of nitrogens with zero attached hydrogens (tertiary/aromatic N) is 1. The van der Waals surface area contributed by atoms with Gasteiger partial charge in [0, 0.05) is 5.56 Å². The van der Waals surface area contributed by atoms with E-state index >= 15 is 0 Å². The summed E-state index contributed by atoms with van der Waals surface area (Å²) in [5.41, 5.74) is 1.46. The van der Waals surface area contributed by atoms with Crippen molar-refractivity contribution in [3.63, 3.8) is 0 Å². The molecule has 0 spiro atoms. The fourth-order valence-corrected chi connectivity index (χ4v) is 2.26. The average molecular weight is 291 g/mol. The number of allylic oxidation sites excluding steroid dienone is 2. The molecule has 1 aromatic rings. The fraction of sp³-hybridized carbons (Fsp3) is 0.500. The molecular formula is C18H29NO2. The van der Waals surface area contributed by atoms with Crippen molar-refractivity contribution in [1.82, 2.24) is 0 Å². The summed E-state index contributed by atoms with van der Waals surface area (Å²) in [6, 6.07) is 10.8. The van der Waals surface area contributed by atoms with E-state index in [0.29, 0.717) is 0 Å². The Balaban J connectivity index is 0.000000486. The normalized spacial score (nSPS) is 11.6. The van der Waals surface area contributed by atoms with Crippen LogP contribution in [-0.2, 0) is 11.3 Å². The summed E-state index contributed by atoms with van der Waals surface area (Å²) in [5.74, 6) is -0.375.